The minimum atomic E-state index is -0.750. The van der Waals surface area contributed by atoms with Crippen LogP contribution in [0.4, 0.5) is 14.5 Å². The Morgan fingerprint density at radius 3 is 2.79 bits per heavy atom. The van der Waals surface area contributed by atoms with Crippen molar-refractivity contribution in [2.45, 2.75) is 13.8 Å². The maximum absolute atomic E-state index is 13.9. The number of hydrogen-bond donors (Lipinski definition) is 1. The molecule has 0 aliphatic heterocycles. The van der Waals surface area contributed by atoms with E-state index in [-0.39, 0.29) is 29.6 Å². The van der Waals surface area contributed by atoms with E-state index in [1.165, 1.54) is 25.4 Å². The van der Waals surface area contributed by atoms with Gasteiger partial charge in [-0.3, -0.25) is 4.99 Å². The number of aliphatic imine (C=N–C) groups is 1. The quantitative estimate of drug-likeness (QED) is 0.508. The predicted molar refractivity (Wildman–Crippen MR) is 88.1 cm³/mol. The van der Waals surface area contributed by atoms with Gasteiger partial charge in [0.05, 0.1) is 28.8 Å². The molecule has 0 saturated heterocycles. The lowest BCUT2D eigenvalue weighted by atomic mass is 10.2. The summed E-state index contributed by atoms with van der Waals surface area (Å²) < 4.78 is 32.4. The molecule has 0 unspecified atom stereocenters. The van der Waals surface area contributed by atoms with Crippen LogP contribution in [0.3, 0.4) is 0 Å². The van der Waals surface area contributed by atoms with Gasteiger partial charge in [0, 0.05) is 5.56 Å². The smallest absolute Gasteiger partial charge is 0.317 e. The van der Waals surface area contributed by atoms with E-state index in [0.717, 1.165) is 6.07 Å². The summed E-state index contributed by atoms with van der Waals surface area (Å²) in [5.41, 5.74) is 0.629. The number of aryl methyl sites for hydroxylation is 1. The molecule has 0 fully saturated rings. The van der Waals surface area contributed by atoms with Crippen LogP contribution in [0.1, 0.15) is 11.3 Å². The highest BCUT2D eigenvalue weighted by Crippen LogP contribution is 2.22. The molecule has 0 radical (unpaired) electrons. The van der Waals surface area contributed by atoms with E-state index in [9.17, 15) is 8.78 Å². The van der Waals surface area contributed by atoms with Crippen LogP contribution in [0.25, 0.3) is 0 Å². The summed E-state index contributed by atoms with van der Waals surface area (Å²) >= 11 is 5.82. The van der Waals surface area contributed by atoms with Gasteiger partial charge < -0.3 is 10.6 Å². The van der Waals surface area contributed by atoms with Gasteiger partial charge in [0.1, 0.15) is 18.1 Å². The van der Waals surface area contributed by atoms with Gasteiger partial charge in [-0.05, 0) is 26.0 Å². The summed E-state index contributed by atoms with van der Waals surface area (Å²) in [4.78, 5) is 11.8. The lowest BCUT2D eigenvalue weighted by molar-refractivity contribution is 0.345. The Bertz CT molecular complexity index is 811. The molecule has 2 N–H and O–H groups in total. The normalized spacial score (nSPS) is 12.0. The van der Waals surface area contributed by atoms with Gasteiger partial charge in [-0.1, -0.05) is 11.6 Å². The van der Waals surface area contributed by atoms with Crippen molar-refractivity contribution in [3.63, 3.8) is 0 Å². The van der Waals surface area contributed by atoms with Gasteiger partial charge in [-0.25, -0.2) is 13.8 Å². The molecule has 9 heteroatoms. The number of halogens is 3. The number of ether oxygens (including phenoxy) is 1. The van der Waals surface area contributed by atoms with Crippen molar-refractivity contribution in [1.29, 1.82) is 0 Å². The second kappa shape index (κ2) is 7.78. The summed E-state index contributed by atoms with van der Waals surface area (Å²) in [6.07, 6.45) is 2.63. The SMILES string of the molecule is Cc1nc(OCC(C=Nc2ccc(F)c(C)c2F)=NN)ncc1Cl. The standard InChI is InChI=1S/C15H14ClF2N5O/c1-8-12(17)3-4-13(14(8)18)20-5-10(23-19)7-24-15-21-6-11(16)9(2)22-15/h3-6H,7,19H2,1-2H3. The number of aromatic nitrogens is 2. The first-order valence-corrected chi connectivity index (χ1v) is 7.17. The lowest BCUT2D eigenvalue weighted by Crippen LogP contribution is -2.16. The zero-order chi connectivity index (χ0) is 17.7. The summed E-state index contributed by atoms with van der Waals surface area (Å²) in [7, 11) is 0. The Kier molecular flexibility index (Phi) is 5.75. The topological polar surface area (TPSA) is 85.8 Å². The van der Waals surface area contributed by atoms with Gasteiger partial charge >= 0.3 is 6.01 Å². The van der Waals surface area contributed by atoms with E-state index in [4.69, 9.17) is 22.2 Å². The van der Waals surface area contributed by atoms with Crippen LogP contribution in [0, 0.1) is 25.5 Å². The van der Waals surface area contributed by atoms with Crippen LogP contribution >= 0.6 is 11.6 Å². The molecule has 1 aromatic carbocycles. The van der Waals surface area contributed by atoms with Gasteiger partial charge in [-0.2, -0.15) is 10.1 Å². The second-order valence-electron chi connectivity index (χ2n) is 4.76. The Morgan fingerprint density at radius 2 is 2.12 bits per heavy atom. The first kappa shape index (κ1) is 17.7. The molecule has 0 bridgehead atoms. The average molecular weight is 354 g/mol. The molecule has 6 nitrogen and oxygen atoms in total. The monoisotopic (exact) mass is 353 g/mol. The fourth-order valence-electron chi connectivity index (χ4n) is 1.64. The van der Waals surface area contributed by atoms with E-state index >= 15 is 0 Å². The zero-order valence-corrected chi connectivity index (χ0v) is 13.7. The third kappa shape index (κ3) is 4.23. The van der Waals surface area contributed by atoms with Gasteiger partial charge in [0.2, 0.25) is 0 Å². The van der Waals surface area contributed by atoms with Crippen molar-refractivity contribution in [2.75, 3.05) is 6.61 Å². The maximum Gasteiger partial charge on any atom is 0.317 e. The number of hydrazone groups is 1. The number of rotatable bonds is 5. The van der Waals surface area contributed by atoms with Gasteiger partial charge in [0.15, 0.2) is 5.82 Å². The Labute approximate surface area is 142 Å². The molecule has 0 amide bonds. The molecule has 2 aromatic rings. The van der Waals surface area contributed by atoms with E-state index in [2.05, 4.69) is 20.1 Å². The van der Waals surface area contributed by atoms with E-state index in [1.54, 1.807) is 6.92 Å². The molecular formula is C15H14ClF2N5O. The van der Waals surface area contributed by atoms with Crippen LogP contribution in [0.2, 0.25) is 5.02 Å². The van der Waals surface area contributed by atoms with Crippen molar-refractivity contribution in [3.05, 3.63) is 46.2 Å². The molecule has 0 saturated carbocycles. The second-order valence-corrected chi connectivity index (χ2v) is 5.17. The highest BCUT2D eigenvalue weighted by Gasteiger charge is 2.09. The molecule has 0 atom stereocenters. The van der Waals surface area contributed by atoms with Crippen molar-refractivity contribution in [2.24, 2.45) is 15.9 Å². The largest absolute Gasteiger partial charge is 0.457 e. The highest BCUT2D eigenvalue weighted by atomic mass is 35.5. The van der Waals surface area contributed by atoms with Crippen LogP contribution < -0.4 is 10.6 Å². The van der Waals surface area contributed by atoms with Crippen LogP contribution in [0.5, 0.6) is 6.01 Å². The fourth-order valence-corrected chi connectivity index (χ4v) is 1.73. The minimum Gasteiger partial charge on any atom is -0.457 e. The van der Waals surface area contributed by atoms with Gasteiger partial charge in [-0.15, -0.1) is 0 Å². The van der Waals surface area contributed by atoms with E-state index in [0.29, 0.717) is 10.7 Å². The summed E-state index contributed by atoms with van der Waals surface area (Å²) in [6.45, 7) is 2.95. The number of nitrogens with two attached hydrogens (primary N) is 1. The molecule has 0 spiro atoms. The molecule has 1 aromatic heterocycles. The van der Waals surface area contributed by atoms with Crippen LogP contribution in [-0.2, 0) is 0 Å². The Hall–Kier alpha value is -2.61. The molecule has 0 aliphatic carbocycles. The van der Waals surface area contributed by atoms with E-state index in [1.807, 2.05) is 0 Å². The molecule has 0 aliphatic rings. The maximum atomic E-state index is 13.9. The zero-order valence-electron chi connectivity index (χ0n) is 12.9. The average Bonchev–Trinajstić information content (AvgIpc) is 2.57. The molecule has 126 valence electrons. The predicted octanol–water partition coefficient (Wildman–Crippen LogP) is 3.12. The first-order valence-electron chi connectivity index (χ1n) is 6.79. The molecular weight excluding hydrogens is 340 g/mol. The Balaban J connectivity index is 2.07. The summed E-state index contributed by atoms with van der Waals surface area (Å²) in [6, 6.07) is 2.44. The number of benzene rings is 1. The van der Waals surface area contributed by atoms with E-state index < -0.39 is 11.6 Å². The first-order chi connectivity index (χ1) is 11.4. The highest BCUT2D eigenvalue weighted by molar-refractivity contribution is 6.31. The number of hydrogen-bond acceptors (Lipinski definition) is 6. The molecule has 1 heterocycles. The van der Waals surface area contributed by atoms with Crippen molar-refractivity contribution >= 4 is 29.2 Å². The van der Waals surface area contributed by atoms with Crippen LogP contribution in [-0.4, -0.2) is 28.5 Å². The van der Waals surface area contributed by atoms with Gasteiger partial charge in [0.25, 0.3) is 0 Å². The van der Waals surface area contributed by atoms with Crippen molar-refractivity contribution in [1.82, 2.24) is 9.97 Å². The molecule has 2 rings (SSSR count). The van der Waals surface area contributed by atoms with Crippen molar-refractivity contribution in [3.8, 4) is 6.01 Å². The third-order valence-corrected chi connectivity index (χ3v) is 3.44. The Morgan fingerprint density at radius 1 is 1.38 bits per heavy atom. The molecule has 24 heavy (non-hydrogen) atoms. The lowest BCUT2D eigenvalue weighted by Gasteiger charge is -2.05. The summed E-state index contributed by atoms with van der Waals surface area (Å²) in [5.74, 6) is 3.86. The third-order valence-electron chi connectivity index (χ3n) is 3.06. The van der Waals surface area contributed by atoms with Crippen molar-refractivity contribution < 1.29 is 13.5 Å². The minimum absolute atomic E-state index is 0.0337. The summed E-state index contributed by atoms with van der Waals surface area (Å²) in [5, 5.41) is 3.91. The number of nitrogens with zero attached hydrogens (tertiary/aromatic N) is 4. The van der Waals surface area contributed by atoms with Crippen LogP contribution in [0.15, 0.2) is 28.4 Å². The fraction of sp³-hybridized carbons (Fsp3) is 0.200.